The second-order valence-corrected chi connectivity index (χ2v) is 8.55. The highest BCUT2D eigenvalue weighted by Crippen LogP contribution is 2.39. The number of fused-ring (bicyclic) bond motifs is 1. The van der Waals surface area contributed by atoms with Gasteiger partial charge in [-0.1, -0.05) is 45.4 Å². The summed E-state index contributed by atoms with van der Waals surface area (Å²) in [6.07, 6.45) is 1.60. The maximum Gasteiger partial charge on any atom is 0.179 e. The summed E-state index contributed by atoms with van der Waals surface area (Å²) in [6.45, 7) is 10.3. The molecule has 2 aliphatic rings. The summed E-state index contributed by atoms with van der Waals surface area (Å²) in [4.78, 5) is 0.511. The number of sulfone groups is 1. The van der Waals surface area contributed by atoms with Gasteiger partial charge in [0.05, 0.1) is 10.6 Å². The van der Waals surface area contributed by atoms with E-state index in [0.717, 1.165) is 28.7 Å². The Labute approximate surface area is 134 Å². The summed E-state index contributed by atoms with van der Waals surface area (Å²) in [5.74, 6) is 0.654. The van der Waals surface area contributed by atoms with E-state index < -0.39 is 9.84 Å². The zero-order valence-corrected chi connectivity index (χ0v) is 15.0. The fourth-order valence-corrected chi connectivity index (χ4v) is 4.66. The molecule has 0 spiro atoms. The van der Waals surface area contributed by atoms with E-state index in [2.05, 4.69) is 32.0 Å². The van der Waals surface area contributed by atoms with Crippen LogP contribution in [0.2, 0.25) is 0 Å². The van der Waals surface area contributed by atoms with Gasteiger partial charge in [-0.15, -0.1) is 0 Å². The van der Waals surface area contributed by atoms with Crippen LogP contribution < -0.4 is 0 Å². The third-order valence-electron chi connectivity index (χ3n) is 4.29. The van der Waals surface area contributed by atoms with E-state index in [4.69, 9.17) is 0 Å². The van der Waals surface area contributed by atoms with E-state index in [0.29, 0.717) is 17.2 Å². The lowest BCUT2D eigenvalue weighted by Gasteiger charge is -2.07. The first kappa shape index (κ1) is 17.0. The summed E-state index contributed by atoms with van der Waals surface area (Å²) in [7, 11) is -3.21. The molecule has 120 valence electrons. The lowest BCUT2D eigenvalue weighted by molar-refractivity contribution is 0.593. The van der Waals surface area contributed by atoms with Crippen LogP contribution in [0.25, 0.3) is 11.1 Å². The van der Waals surface area contributed by atoms with Crippen LogP contribution in [0.3, 0.4) is 0 Å². The van der Waals surface area contributed by atoms with Gasteiger partial charge in [0, 0.05) is 5.56 Å². The highest BCUT2D eigenvalue weighted by Gasteiger charge is 2.25. The van der Waals surface area contributed by atoms with Crippen molar-refractivity contribution in [1.82, 2.24) is 0 Å². The van der Waals surface area contributed by atoms with Crippen molar-refractivity contribution in [2.75, 3.05) is 5.75 Å². The van der Waals surface area contributed by atoms with Crippen molar-refractivity contribution in [3.05, 3.63) is 41.0 Å². The fourth-order valence-electron chi connectivity index (χ4n) is 2.84. The van der Waals surface area contributed by atoms with Gasteiger partial charge in [0.2, 0.25) is 0 Å². The van der Waals surface area contributed by atoms with Crippen molar-refractivity contribution < 1.29 is 8.42 Å². The standard InChI is InChI=1S/C19H26O2S/c1-6-7-10-22(20,21)18-11-15(5)17-12-16(13(2)3)9-8-14(4)19(17)18/h8-9,11-13H,6-7,10H2,1-5H3. The van der Waals surface area contributed by atoms with Gasteiger partial charge in [-0.2, -0.15) is 0 Å². The molecule has 0 saturated heterocycles. The van der Waals surface area contributed by atoms with Crippen LogP contribution in [0.5, 0.6) is 0 Å². The van der Waals surface area contributed by atoms with E-state index in [1.54, 1.807) is 0 Å². The number of aryl methyl sites for hydroxylation is 2. The van der Waals surface area contributed by atoms with Crippen LogP contribution in [-0.4, -0.2) is 14.2 Å². The number of rotatable bonds is 5. The van der Waals surface area contributed by atoms with Crippen LogP contribution in [0.4, 0.5) is 0 Å². The molecule has 0 amide bonds. The second kappa shape index (κ2) is 6.41. The minimum atomic E-state index is -3.21. The van der Waals surface area contributed by atoms with Gasteiger partial charge >= 0.3 is 0 Å². The first-order valence-electron chi connectivity index (χ1n) is 8.04. The molecule has 0 radical (unpaired) electrons. The van der Waals surface area contributed by atoms with Gasteiger partial charge in [-0.3, -0.25) is 0 Å². The Morgan fingerprint density at radius 2 is 1.73 bits per heavy atom. The predicted molar refractivity (Wildman–Crippen MR) is 93.6 cm³/mol. The molecule has 2 nitrogen and oxygen atoms in total. The molecule has 22 heavy (non-hydrogen) atoms. The number of hydrogen-bond donors (Lipinski definition) is 0. The lowest BCUT2D eigenvalue weighted by atomic mass is 10.0. The second-order valence-electron chi connectivity index (χ2n) is 6.47. The molecule has 0 fully saturated rings. The molecule has 3 heteroatoms. The Balaban J connectivity index is 2.68. The van der Waals surface area contributed by atoms with E-state index in [-0.39, 0.29) is 5.75 Å². The average Bonchev–Trinajstić information content (AvgIpc) is 2.67. The molecule has 2 rings (SSSR count). The quantitative estimate of drug-likeness (QED) is 0.768. The number of hydrogen-bond acceptors (Lipinski definition) is 2. The molecule has 0 bridgehead atoms. The summed E-state index contributed by atoms with van der Waals surface area (Å²) in [5.41, 5.74) is 5.29. The van der Waals surface area contributed by atoms with Crippen LogP contribution in [0, 0.1) is 13.8 Å². The molecule has 0 aromatic rings. The van der Waals surface area contributed by atoms with Crippen LogP contribution in [-0.2, 0) is 9.84 Å². The summed E-state index contributed by atoms with van der Waals surface area (Å²) in [6, 6.07) is 8.17. The van der Waals surface area contributed by atoms with Crippen molar-refractivity contribution in [2.24, 2.45) is 0 Å². The fraction of sp³-hybridized carbons (Fsp3) is 0.474. The Hall–Kier alpha value is -1.35. The molecule has 2 aliphatic carbocycles. The largest absolute Gasteiger partial charge is 0.224 e. The Morgan fingerprint density at radius 3 is 2.32 bits per heavy atom. The van der Waals surface area contributed by atoms with Crippen molar-refractivity contribution in [2.45, 2.75) is 58.3 Å². The summed E-state index contributed by atoms with van der Waals surface area (Å²) >= 11 is 0. The van der Waals surface area contributed by atoms with Crippen molar-refractivity contribution in [1.29, 1.82) is 0 Å². The molecule has 0 aromatic heterocycles. The van der Waals surface area contributed by atoms with Crippen molar-refractivity contribution in [3.8, 4) is 11.1 Å². The minimum absolute atomic E-state index is 0.233. The summed E-state index contributed by atoms with van der Waals surface area (Å²) < 4.78 is 25.4. The maximum atomic E-state index is 12.7. The van der Waals surface area contributed by atoms with Crippen molar-refractivity contribution in [3.63, 3.8) is 0 Å². The summed E-state index contributed by atoms with van der Waals surface area (Å²) in [5, 5.41) is 0. The molecule has 0 N–H and O–H groups in total. The van der Waals surface area contributed by atoms with Gasteiger partial charge in [-0.25, -0.2) is 8.42 Å². The molecular weight excluding hydrogens is 292 g/mol. The minimum Gasteiger partial charge on any atom is -0.224 e. The smallest absolute Gasteiger partial charge is 0.179 e. The molecule has 0 heterocycles. The zero-order valence-electron chi connectivity index (χ0n) is 14.2. The lowest BCUT2D eigenvalue weighted by Crippen LogP contribution is -2.06. The first-order chi connectivity index (χ1) is 10.3. The highest BCUT2D eigenvalue weighted by atomic mass is 32.2. The topological polar surface area (TPSA) is 34.1 Å². The highest BCUT2D eigenvalue weighted by molar-refractivity contribution is 7.91. The van der Waals surface area contributed by atoms with Gasteiger partial charge in [0.1, 0.15) is 0 Å². The van der Waals surface area contributed by atoms with Gasteiger partial charge in [-0.05, 0) is 54.5 Å². The number of unbranched alkanes of at least 4 members (excludes halogenated alkanes) is 1. The average molecular weight is 318 g/mol. The van der Waals surface area contributed by atoms with Gasteiger partial charge in [0.25, 0.3) is 0 Å². The third-order valence-corrected chi connectivity index (χ3v) is 6.11. The SMILES string of the molecule is CCCCS(=O)(=O)c1cc(C)c2cc(C(C)C)ccc(C)c1-2. The zero-order chi connectivity index (χ0) is 16.5. The van der Waals surface area contributed by atoms with Gasteiger partial charge < -0.3 is 0 Å². The van der Waals surface area contributed by atoms with Crippen molar-refractivity contribution >= 4 is 9.84 Å². The van der Waals surface area contributed by atoms with E-state index in [1.165, 1.54) is 5.56 Å². The van der Waals surface area contributed by atoms with Crippen LogP contribution in [0.15, 0.2) is 29.2 Å². The van der Waals surface area contributed by atoms with Crippen LogP contribution >= 0.6 is 0 Å². The Morgan fingerprint density at radius 1 is 1.05 bits per heavy atom. The third kappa shape index (κ3) is 3.19. The molecule has 0 saturated carbocycles. The normalized spacial score (nSPS) is 12.3. The van der Waals surface area contributed by atoms with Gasteiger partial charge in [0.15, 0.2) is 9.84 Å². The molecule has 0 atom stereocenters. The van der Waals surface area contributed by atoms with E-state index >= 15 is 0 Å². The van der Waals surface area contributed by atoms with Crippen LogP contribution in [0.1, 0.15) is 56.2 Å². The molecule has 0 aromatic carbocycles. The Bertz CT molecular complexity index is 742. The van der Waals surface area contributed by atoms with E-state index in [9.17, 15) is 8.42 Å². The van der Waals surface area contributed by atoms with E-state index in [1.807, 2.05) is 26.8 Å². The Kier molecular flexibility index (Phi) is 4.96. The monoisotopic (exact) mass is 318 g/mol. The first-order valence-corrected chi connectivity index (χ1v) is 9.69. The predicted octanol–water partition coefficient (Wildman–Crippen LogP) is 5.11. The molecular formula is C19H26O2S. The molecule has 0 aliphatic heterocycles. The maximum absolute atomic E-state index is 12.7. The molecule has 0 unspecified atom stereocenters.